The van der Waals surface area contributed by atoms with E-state index in [4.69, 9.17) is 0 Å². The highest BCUT2D eigenvalue weighted by Crippen LogP contribution is 2.22. The topological polar surface area (TPSA) is 97.2 Å². The summed E-state index contributed by atoms with van der Waals surface area (Å²) >= 11 is 0. The van der Waals surface area contributed by atoms with Crippen molar-refractivity contribution in [2.45, 2.75) is 26.2 Å². The molecular weight excluding hydrogens is 296 g/mol. The Morgan fingerprint density at radius 1 is 1.13 bits per heavy atom. The lowest BCUT2D eigenvalue weighted by molar-refractivity contribution is -0.385. The third-order valence-electron chi connectivity index (χ3n) is 3.28. The molecule has 23 heavy (non-hydrogen) atoms. The van der Waals surface area contributed by atoms with Crippen LogP contribution in [0.25, 0.3) is 0 Å². The van der Waals surface area contributed by atoms with E-state index in [0.717, 1.165) is 11.8 Å². The first-order valence-corrected chi connectivity index (χ1v) is 7.05. The van der Waals surface area contributed by atoms with Gasteiger partial charge in [0.25, 0.3) is 11.6 Å². The van der Waals surface area contributed by atoms with Crippen LogP contribution in [-0.4, -0.2) is 15.8 Å². The molecule has 1 heterocycles. The molecular formula is C16H18N4O3. The van der Waals surface area contributed by atoms with E-state index in [1.165, 1.54) is 12.1 Å². The molecule has 1 aromatic heterocycles. The van der Waals surface area contributed by atoms with Crippen molar-refractivity contribution in [3.63, 3.8) is 0 Å². The summed E-state index contributed by atoms with van der Waals surface area (Å²) in [7, 11) is 0. The third kappa shape index (κ3) is 4.26. The first-order chi connectivity index (χ1) is 10.8. The molecule has 7 heteroatoms. The second kappa shape index (κ2) is 6.43. The molecule has 2 rings (SSSR count). The SMILES string of the molecule is CC(C)(C)c1ccc(C(=O)NNc2ccc([N+](=O)[O-])cn2)cc1. The van der Waals surface area contributed by atoms with E-state index in [9.17, 15) is 14.9 Å². The zero-order valence-electron chi connectivity index (χ0n) is 13.2. The number of nitrogens with zero attached hydrogens (tertiary/aromatic N) is 2. The van der Waals surface area contributed by atoms with Crippen LogP contribution in [-0.2, 0) is 5.41 Å². The highest BCUT2D eigenvalue weighted by Gasteiger charge is 2.14. The van der Waals surface area contributed by atoms with Crippen LogP contribution in [0, 0.1) is 10.1 Å². The average molecular weight is 314 g/mol. The number of benzene rings is 1. The molecule has 0 bridgehead atoms. The summed E-state index contributed by atoms with van der Waals surface area (Å²) in [4.78, 5) is 25.9. The minimum absolute atomic E-state index is 0.0237. The Morgan fingerprint density at radius 3 is 2.26 bits per heavy atom. The smallest absolute Gasteiger partial charge is 0.282 e. The second-order valence-electron chi connectivity index (χ2n) is 6.07. The molecule has 2 aromatic rings. The Morgan fingerprint density at radius 2 is 1.78 bits per heavy atom. The highest BCUT2D eigenvalue weighted by molar-refractivity contribution is 5.94. The van der Waals surface area contributed by atoms with Crippen LogP contribution in [0.4, 0.5) is 11.5 Å². The van der Waals surface area contributed by atoms with Gasteiger partial charge in [-0.2, -0.15) is 0 Å². The lowest BCUT2D eigenvalue weighted by Gasteiger charge is -2.19. The van der Waals surface area contributed by atoms with E-state index in [0.29, 0.717) is 11.4 Å². The maximum absolute atomic E-state index is 12.0. The van der Waals surface area contributed by atoms with Gasteiger partial charge in [-0.1, -0.05) is 32.9 Å². The van der Waals surface area contributed by atoms with Gasteiger partial charge in [0.1, 0.15) is 12.0 Å². The van der Waals surface area contributed by atoms with Crippen molar-refractivity contribution in [1.82, 2.24) is 10.4 Å². The molecule has 0 saturated heterocycles. The van der Waals surface area contributed by atoms with Crippen LogP contribution in [0.1, 0.15) is 36.7 Å². The number of pyridine rings is 1. The van der Waals surface area contributed by atoms with Crippen molar-refractivity contribution in [1.29, 1.82) is 0 Å². The van der Waals surface area contributed by atoms with E-state index >= 15 is 0 Å². The van der Waals surface area contributed by atoms with Gasteiger partial charge in [-0.05, 0) is 29.2 Å². The number of anilines is 1. The minimum Gasteiger partial charge on any atom is -0.282 e. The number of nitrogens with one attached hydrogen (secondary N) is 2. The first-order valence-electron chi connectivity index (χ1n) is 7.05. The Labute approximate surface area is 133 Å². The van der Waals surface area contributed by atoms with E-state index in [1.54, 1.807) is 12.1 Å². The molecule has 7 nitrogen and oxygen atoms in total. The maximum atomic E-state index is 12.0. The van der Waals surface area contributed by atoms with Gasteiger partial charge >= 0.3 is 0 Å². The third-order valence-corrected chi connectivity index (χ3v) is 3.28. The van der Waals surface area contributed by atoms with Crippen LogP contribution in [0.2, 0.25) is 0 Å². The standard InChI is InChI=1S/C16H18N4O3/c1-16(2,3)12-6-4-11(5-7-12)15(21)19-18-14-9-8-13(10-17-14)20(22)23/h4-10H,1-3H3,(H,17,18)(H,19,21). The Hall–Kier alpha value is -2.96. The van der Waals surface area contributed by atoms with Gasteiger partial charge in [-0.25, -0.2) is 4.98 Å². The van der Waals surface area contributed by atoms with Gasteiger partial charge < -0.3 is 0 Å². The van der Waals surface area contributed by atoms with Crippen molar-refractivity contribution in [3.05, 3.63) is 63.8 Å². The molecule has 0 aliphatic rings. The molecule has 0 radical (unpaired) electrons. The molecule has 0 aliphatic carbocycles. The number of nitro groups is 1. The summed E-state index contributed by atoms with van der Waals surface area (Å²) in [6.07, 6.45) is 1.12. The Balaban J connectivity index is 1.98. The molecule has 120 valence electrons. The molecule has 1 aromatic carbocycles. The first kappa shape index (κ1) is 16.4. The quantitative estimate of drug-likeness (QED) is 0.668. The molecule has 0 fully saturated rings. The summed E-state index contributed by atoms with van der Waals surface area (Å²) in [5.74, 6) is 0.000809. The molecule has 0 unspecified atom stereocenters. The monoisotopic (exact) mass is 314 g/mol. The molecule has 0 saturated carbocycles. The fraction of sp³-hybridized carbons (Fsp3) is 0.250. The number of amides is 1. The van der Waals surface area contributed by atoms with Gasteiger partial charge in [0.2, 0.25) is 0 Å². The van der Waals surface area contributed by atoms with Gasteiger partial charge in [0, 0.05) is 11.6 Å². The lowest BCUT2D eigenvalue weighted by atomic mass is 9.87. The van der Waals surface area contributed by atoms with E-state index in [1.807, 2.05) is 12.1 Å². The van der Waals surface area contributed by atoms with Crippen molar-refractivity contribution in [3.8, 4) is 0 Å². The van der Waals surface area contributed by atoms with Gasteiger partial charge in [0.15, 0.2) is 0 Å². The summed E-state index contributed by atoms with van der Waals surface area (Å²) < 4.78 is 0. The van der Waals surface area contributed by atoms with E-state index < -0.39 is 4.92 Å². The summed E-state index contributed by atoms with van der Waals surface area (Å²) in [6.45, 7) is 6.30. The number of carbonyl (C=O) groups excluding carboxylic acids is 1. The van der Waals surface area contributed by atoms with Crippen LogP contribution in [0.5, 0.6) is 0 Å². The van der Waals surface area contributed by atoms with Gasteiger partial charge in [-0.15, -0.1) is 0 Å². The van der Waals surface area contributed by atoms with Crippen molar-refractivity contribution in [2.75, 3.05) is 5.43 Å². The van der Waals surface area contributed by atoms with Crippen molar-refractivity contribution >= 4 is 17.4 Å². The number of rotatable bonds is 4. The molecule has 0 spiro atoms. The summed E-state index contributed by atoms with van der Waals surface area (Å²) in [5.41, 5.74) is 6.68. The number of hydrazine groups is 1. The van der Waals surface area contributed by atoms with Crippen LogP contribution in [0.3, 0.4) is 0 Å². The molecule has 0 atom stereocenters. The Bertz CT molecular complexity index is 704. The summed E-state index contributed by atoms with van der Waals surface area (Å²) in [5, 5.41) is 10.5. The largest absolute Gasteiger partial charge is 0.287 e. The van der Waals surface area contributed by atoms with E-state index in [-0.39, 0.29) is 17.0 Å². The molecule has 1 amide bonds. The maximum Gasteiger partial charge on any atom is 0.287 e. The highest BCUT2D eigenvalue weighted by atomic mass is 16.6. The number of hydrogen-bond donors (Lipinski definition) is 2. The van der Waals surface area contributed by atoms with Crippen molar-refractivity contribution < 1.29 is 9.72 Å². The minimum atomic E-state index is -0.536. The lowest BCUT2D eigenvalue weighted by Crippen LogP contribution is -2.29. The normalized spacial score (nSPS) is 10.9. The Kier molecular flexibility index (Phi) is 4.59. The number of aromatic nitrogens is 1. The zero-order chi connectivity index (χ0) is 17.0. The van der Waals surface area contributed by atoms with Crippen LogP contribution in [0.15, 0.2) is 42.6 Å². The predicted octanol–water partition coefficient (Wildman–Crippen LogP) is 3.04. The number of hydrogen-bond acceptors (Lipinski definition) is 5. The fourth-order valence-electron chi connectivity index (χ4n) is 1.88. The van der Waals surface area contributed by atoms with Crippen LogP contribution < -0.4 is 10.9 Å². The van der Waals surface area contributed by atoms with Gasteiger partial charge in [-0.3, -0.25) is 25.8 Å². The fourth-order valence-corrected chi connectivity index (χ4v) is 1.88. The van der Waals surface area contributed by atoms with E-state index in [2.05, 4.69) is 36.6 Å². The second-order valence-corrected chi connectivity index (χ2v) is 6.07. The molecule has 0 aliphatic heterocycles. The van der Waals surface area contributed by atoms with Gasteiger partial charge in [0.05, 0.1) is 4.92 Å². The summed E-state index contributed by atoms with van der Waals surface area (Å²) in [6, 6.07) is 10.1. The van der Waals surface area contributed by atoms with Crippen molar-refractivity contribution in [2.24, 2.45) is 0 Å². The predicted molar refractivity (Wildman–Crippen MR) is 87.1 cm³/mol. The average Bonchev–Trinajstić information content (AvgIpc) is 2.52. The zero-order valence-corrected chi connectivity index (χ0v) is 13.2. The van der Waals surface area contributed by atoms with Crippen LogP contribution >= 0.6 is 0 Å². The number of carbonyl (C=O) groups is 1. The molecule has 2 N–H and O–H groups in total.